The zero-order valence-electron chi connectivity index (χ0n) is 17.3. The van der Waals surface area contributed by atoms with Crippen LogP contribution in [0.2, 0.25) is 5.02 Å². The lowest BCUT2D eigenvalue weighted by Crippen LogP contribution is -2.39. The molecule has 0 heterocycles. The normalized spacial score (nSPS) is 11.7. The van der Waals surface area contributed by atoms with E-state index in [9.17, 15) is 4.39 Å². The van der Waals surface area contributed by atoms with Gasteiger partial charge in [-0.25, -0.2) is 9.80 Å². The maximum absolute atomic E-state index is 14.4. The number of hydrogen-bond acceptors (Lipinski definition) is 7. The monoisotopic (exact) mass is 470 g/mol. The maximum atomic E-state index is 14.4. The minimum atomic E-state index is -0.681. The molecule has 0 aliphatic carbocycles. The van der Waals surface area contributed by atoms with E-state index in [0.29, 0.717) is 30.3 Å². The number of halogens is 2. The van der Waals surface area contributed by atoms with Gasteiger partial charge in [0, 0.05) is 11.6 Å². The van der Waals surface area contributed by atoms with Gasteiger partial charge >= 0.3 is 0 Å². The number of aliphatic hydroxyl groups excluding tert-OH is 1. The van der Waals surface area contributed by atoms with Crippen molar-refractivity contribution in [2.75, 3.05) is 26.4 Å². The second kappa shape index (κ2) is 11.9. The largest absolute Gasteiger partial charge is 0.490 e. The zero-order valence-corrected chi connectivity index (χ0v) is 18.9. The molecule has 7 nitrogen and oxygen atoms in total. The highest BCUT2D eigenvalue weighted by molar-refractivity contribution is 8.27. The topological polar surface area (TPSA) is 123 Å². The van der Waals surface area contributed by atoms with Crippen LogP contribution in [0.25, 0.3) is 0 Å². The molecule has 10 heteroatoms. The van der Waals surface area contributed by atoms with Crippen LogP contribution in [-0.2, 0) is 0 Å². The van der Waals surface area contributed by atoms with E-state index >= 15 is 0 Å². The van der Waals surface area contributed by atoms with E-state index in [4.69, 9.17) is 47.5 Å². The molecule has 0 saturated heterocycles. The number of ether oxygens (including phenoxy) is 3. The van der Waals surface area contributed by atoms with Crippen molar-refractivity contribution in [1.82, 2.24) is 0 Å². The summed E-state index contributed by atoms with van der Waals surface area (Å²) < 4.78 is 30.8. The third-order valence-corrected chi connectivity index (χ3v) is 5.18. The van der Waals surface area contributed by atoms with Gasteiger partial charge in [0.1, 0.15) is 11.7 Å². The summed E-state index contributed by atoms with van der Waals surface area (Å²) in [5.41, 5.74) is 6.36. The first kappa shape index (κ1) is 24.9. The molecule has 0 bridgehead atoms. The van der Waals surface area contributed by atoms with Gasteiger partial charge in [-0.2, -0.15) is 0 Å². The van der Waals surface area contributed by atoms with Crippen LogP contribution in [0.4, 0.5) is 4.39 Å². The van der Waals surface area contributed by atoms with E-state index in [1.54, 1.807) is 18.2 Å². The van der Waals surface area contributed by atoms with E-state index in [1.165, 1.54) is 6.07 Å². The second-order valence-electron chi connectivity index (χ2n) is 6.34. The van der Waals surface area contributed by atoms with Crippen LogP contribution in [0, 0.1) is 11.2 Å². The van der Waals surface area contributed by atoms with Crippen LogP contribution in [0.5, 0.6) is 17.2 Å². The Bertz CT molecular complexity index is 945. The standard InChI is InChI=1S/C21H25ClFN3O4S/c1-3-28-17-6-5-12(7-19(17)29-4-2)20(25)31-21(26)14-8-16(23)18(9-15(14)22)30-11-13(24)10-27/h5-9,13,25-27H,3-4,10-11,24H2,1-2H3/p+1/t13-/m1/s1. The molecule has 2 aromatic carbocycles. The molecule has 1 atom stereocenters. The highest BCUT2D eigenvalue weighted by Gasteiger charge is 2.21. The Kier molecular flexibility index (Phi) is 9.57. The predicted octanol–water partition coefficient (Wildman–Crippen LogP) is 2.24. The Morgan fingerprint density at radius 2 is 1.84 bits per heavy atom. The highest BCUT2D eigenvalue weighted by Crippen LogP contribution is 2.32. The first-order valence-electron chi connectivity index (χ1n) is 9.58. The van der Waals surface area contributed by atoms with Crippen molar-refractivity contribution in [1.29, 1.82) is 5.41 Å². The summed E-state index contributed by atoms with van der Waals surface area (Å²) >= 11 is 7.19. The molecular formula is C21H26ClFN3O4S+. The van der Waals surface area contributed by atoms with Crippen molar-refractivity contribution in [3.63, 3.8) is 0 Å². The van der Waals surface area contributed by atoms with Crippen molar-refractivity contribution in [3.05, 3.63) is 52.3 Å². The summed E-state index contributed by atoms with van der Waals surface area (Å²) in [5, 5.41) is 23.9. The quantitative estimate of drug-likeness (QED) is 0.312. The van der Waals surface area contributed by atoms with E-state index in [-0.39, 0.29) is 39.6 Å². The number of hydrogen-bond donors (Lipinski definition) is 4. The van der Waals surface area contributed by atoms with Crippen molar-refractivity contribution in [2.45, 2.75) is 19.9 Å². The summed E-state index contributed by atoms with van der Waals surface area (Å²) in [7, 11) is 0. The van der Waals surface area contributed by atoms with Gasteiger partial charge in [0.05, 0.1) is 36.4 Å². The lowest BCUT2D eigenvalue weighted by molar-refractivity contribution is -0.107. The molecule has 0 fully saturated rings. The van der Waals surface area contributed by atoms with Crippen LogP contribution < -0.4 is 25.4 Å². The second-order valence-corrected chi connectivity index (χ2v) is 7.80. The molecule has 0 aliphatic heterocycles. The van der Waals surface area contributed by atoms with Gasteiger partial charge in [-0.3, -0.25) is 5.41 Å². The molecule has 168 valence electrons. The molecule has 6 N–H and O–H groups in total. The van der Waals surface area contributed by atoms with E-state index in [2.05, 4.69) is 0 Å². The molecule has 2 rings (SSSR count). The molecule has 0 unspecified atom stereocenters. The number of rotatable bonds is 10. The molecule has 0 spiro atoms. The number of thioether (sulfide) groups is 1. The lowest BCUT2D eigenvalue weighted by atomic mass is 10.2. The van der Waals surface area contributed by atoms with Gasteiger partial charge in [0.2, 0.25) is 5.04 Å². The third kappa shape index (κ3) is 6.83. The maximum Gasteiger partial charge on any atom is 0.246 e. The molecule has 0 aliphatic rings. The number of nitrogens with one attached hydrogen (secondary N) is 1. The Morgan fingerprint density at radius 3 is 2.48 bits per heavy atom. The van der Waals surface area contributed by atoms with Gasteiger partial charge < -0.3 is 25.1 Å². The third-order valence-electron chi connectivity index (χ3n) is 3.99. The molecule has 0 aromatic heterocycles. The van der Waals surface area contributed by atoms with Crippen LogP contribution in [0.15, 0.2) is 30.3 Å². The summed E-state index contributed by atoms with van der Waals surface area (Å²) in [6, 6.07) is 6.94. The Morgan fingerprint density at radius 1 is 1.16 bits per heavy atom. The van der Waals surface area contributed by atoms with Crippen molar-refractivity contribution in [3.8, 4) is 17.2 Å². The molecule has 31 heavy (non-hydrogen) atoms. The summed E-state index contributed by atoms with van der Waals surface area (Å²) in [6.07, 6.45) is 0. The number of nitrogens with two attached hydrogens (primary N) is 2. The van der Waals surface area contributed by atoms with Gasteiger partial charge in [-0.1, -0.05) is 11.6 Å². The van der Waals surface area contributed by atoms with Crippen LogP contribution >= 0.6 is 23.4 Å². The van der Waals surface area contributed by atoms with Crippen LogP contribution in [0.3, 0.4) is 0 Å². The molecule has 0 amide bonds. The van der Waals surface area contributed by atoms with E-state index in [0.717, 1.165) is 17.8 Å². The van der Waals surface area contributed by atoms with Crippen molar-refractivity contribution >= 4 is 33.5 Å². The predicted molar refractivity (Wildman–Crippen MR) is 121 cm³/mol. The van der Waals surface area contributed by atoms with Gasteiger partial charge in [-0.05, 0) is 49.9 Å². The number of aliphatic hydroxyl groups is 1. The van der Waals surface area contributed by atoms with Crippen molar-refractivity contribution < 1.29 is 29.1 Å². The molecule has 0 saturated carbocycles. The summed E-state index contributed by atoms with van der Waals surface area (Å²) in [4.78, 5) is 0. The fourth-order valence-corrected chi connectivity index (χ4v) is 3.55. The smallest absolute Gasteiger partial charge is 0.246 e. The van der Waals surface area contributed by atoms with Crippen LogP contribution in [0.1, 0.15) is 25.0 Å². The minimum absolute atomic E-state index is 0.0679. The minimum Gasteiger partial charge on any atom is -0.490 e. The average molecular weight is 471 g/mol. The van der Waals surface area contributed by atoms with Gasteiger partial charge in [0.15, 0.2) is 23.1 Å². The summed E-state index contributed by atoms with van der Waals surface area (Å²) in [6.45, 7) is 4.31. The SMILES string of the molecule is CCOc1ccc(C(=N)SC(=[NH2+])c2cc(F)c(OC[C@H](N)CO)cc2Cl)cc1OCC. The molecule has 0 radical (unpaired) electrons. The molecular weight excluding hydrogens is 445 g/mol. The summed E-state index contributed by atoms with van der Waals surface area (Å²) in [5.74, 6) is 0.333. The Hall–Kier alpha value is -2.33. The first-order chi connectivity index (χ1) is 14.8. The highest BCUT2D eigenvalue weighted by atomic mass is 35.5. The number of benzene rings is 2. The fraction of sp³-hybridized carbons (Fsp3) is 0.333. The first-order valence-corrected chi connectivity index (χ1v) is 10.8. The zero-order chi connectivity index (χ0) is 23.0. The van der Waals surface area contributed by atoms with Crippen molar-refractivity contribution in [2.24, 2.45) is 5.73 Å². The van der Waals surface area contributed by atoms with Crippen LogP contribution in [-0.4, -0.2) is 47.7 Å². The van der Waals surface area contributed by atoms with Gasteiger partial charge in [0.25, 0.3) is 0 Å². The average Bonchev–Trinajstić information content (AvgIpc) is 2.75. The van der Waals surface area contributed by atoms with E-state index < -0.39 is 11.9 Å². The van der Waals surface area contributed by atoms with Gasteiger partial charge in [-0.15, -0.1) is 0 Å². The lowest BCUT2D eigenvalue weighted by Gasteiger charge is -2.13. The molecule has 2 aromatic rings. The Balaban J connectivity index is 2.16. The fourth-order valence-electron chi connectivity index (χ4n) is 2.49. The van der Waals surface area contributed by atoms with E-state index in [1.807, 2.05) is 13.8 Å². The Labute approximate surface area is 189 Å².